The molecule has 1 aliphatic carbocycles. The van der Waals surface area contributed by atoms with Crippen LogP contribution in [0.5, 0.6) is 0 Å². The zero-order chi connectivity index (χ0) is 15.0. The van der Waals surface area contributed by atoms with Crippen LogP contribution >= 0.6 is 11.6 Å². The number of fused-ring (bicyclic) bond motifs is 1. The molecule has 0 aromatic carbocycles. The molecule has 6 heteroatoms. The summed E-state index contributed by atoms with van der Waals surface area (Å²) < 4.78 is 0. The summed E-state index contributed by atoms with van der Waals surface area (Å²) >= 11 is 6.01. The van der Waals surface area contributed by atoms with Gasteiger partial charge in [0, 0.05) is 12.6 Å². The standard InChI is InChI=1S/C15H21ClN4O/c1-3-11-14(21)19(4-2)12-9-17-15(16)18-13(12)20(11)10-7-5-6-8-10/h9-11H,3-8H2,1-2H3/t11-/m1/s1. The summed E-state index contributed by atoms with van der Waals surface area (Å²) in [6.45, 7) is 4.67. The molecule has 2 aliphatic rings. The van der Waals surface area contributed by atoms with E-state index >= 15 is 0 Å². The fraction of sp³-hybridized carbons (Fsp3) is 0.667. The van der Waals surface area contributed by atoms with Crippen molar-refractivity contribution in [2.45, 2.75) is 58.0 Å². The third-order valence-electron chi connectivity index (χ3n) is 4.56. The van der Waals surface area contributed by atoms with Crippen LogP contribution in [0.15, 0.2) is 6.20 Å². The lowest BCUT2D eigenvalue weighted by Gasteiger charge is -2.44. The molecule has 0 bridgehead atoms. The van der Waals surface area contributed by atoms with E-state index in [4.69, 9.17) is 11.6 Å². The van der Waals surface area contributed by atoms with Crippen LogP contribution in [0, 0.1) is 0 Å². The van der Waals surface area contributed by atoms with E-state index in [2.05, 4.69) is 21.8 Å². The molecule has 0 saturated heterocycles. The number of rotatable bonds is 3. The molecule has 3 rings (SSSR count). The maximum Gasteiger partial charge on any atom is 0.249 e. The highest BCUT2D eigenvalue weighted by Crippen LogP contribution is 2.40. The Hall–Kier alpha value is -1.36. The summed E-state index contributed by atoms with van der Waals surface area (Å²) in [7, 11) is 0. The molecule has 2 heterocycles. The van der Waals surface area contributed by atoms with E-state index < -0.39 is 0 Å². The largest absolute Gasteiger partial charge is 0.340 e. The lowest BCUT2D eigenvalue weighted by molar-refractivity contribution is -0.120. The smallest absolute Gasteiger partial charge is 0.249 e. The summed E-state index contributed by atoms with van der Waals surface area (Å²) in [5.74, 6) is 0.987. The van der Waals surface area contributed by atoms with Crippen LogP contribution in [0.1, 0.15) is 46.0 Å². The molecular formula is C15H21ClN4O. The Kier molecular flexibility index (Phi) is 4.02. The van der Waals surface area contributed by atoms with Gasteiger partial charge in [0.1, 0.15) is 11.7 Å². The number of aromatic nitrogens is 2. The number of carbonyl (C=O) groups excluding carboxylic acids is 1. The van der Waals surface area contributed by atoms with E-state index in [1.807, 2.05) is 6.92 Å². The van der Waals surface area contributed by atoms with E-state index in [1.165, 1.54) is 12.8 Å². The van der Waals surface area contributed by atoms with Gasteiger partial charge in [0.2, 0.25) is 11.2 Å². The van der Waals surface area contributed by atoms with E-state index in [0.717, 1.165) is 30.8 Å². The molecule has 1 saturated carbocycles. The maximum atomic E-state index is 12.8. The minimum Gasteiger partial charge on any atom is -0.340 e. The second kappa shape index (κ2) is 5.79. The van der Waals surface area contributed by atoms with Gasteiger partial charge < -0.3 is 9.80 Å². The predicted octanol–water partition coefficient (Wildman–Crippen LogP) is 3.02. The molecule has 1 aromatic heterocycles. The van der Waals surface area contributed by atoms with Crippen LogP contribution in [0.3, 0.4) is 0 Å². The SMILES string of the molecule is CC[C@@H]1C(=O)N(CC)c2cnc(Cl)nc2N1C1CCCC1. The summed E-state index contributed by atoms with van der Waals surface area (Å²) in [6, 6.07) is 0.258. The van der Waals surface area contributed by atoms with Crippen molar-refractivity contribution in [1.82, 2.24) is 9.97 Å². The second-order valence-electron chi connectivity index (χ2n) is 5.70. The number of hydrogen-bond donors (Lipinski definition) is 0. The molecular weight excluding hydrogens is 288 g/mol. The Labute approximate surface area is 130 Å². The third kappa shape index (κ3) is 2.37. The summed E-state index contributed by atoms with van der Waals surface area (Å²) in [5, 5.41) is 0.247. The molecule has 1 fully saturated rings. The molecule has 0 spiro atoms. The molecule has 21 heavy (non-hydrogen) atoms. The first-order valence-electron chi connectivity index (χ1n) is 7.79. The molecule has 5 nitrogen and oxygen atoms in total. The highest BCUT2D eigenvalue weighted by Gasteiger charge is 2.41. The molecule has 1 amide bonds. The Morgan fingerprint density at radius 2 is 2.05 bits per heavy atom. The Balaban J connectivity index is 2.11. The minimum absolute atomic E-state index is 0.133. The highest BCUT2D eigenvalue weighted by molar-refractivity contribution is 6.28. The highest BCUT2D eigenvalue weighted by atomic mass is 35.5. The van der Waals surface area contributed by atoms with Gasteiger partial charge in [0.25, 0.3) is 0 Å². The van der Waals surface area contributed by atoms with Crippen molar-refractivity contribution in [3.05, 3.63) is 11.5 Å². The van der Waals surface area contributed by atoms with Crippen molar-refractivity contribution >= 4 is 29.0 Å². The van der Waals surface area contributed by atoms with Crippen molar-refractivity contribution in [2.75, 3.05) is 16.3 Å². The van der Waals surface area contributed by atoms with Gasteiger partial charge in [-0.2, -0.15) is 4.98 Å². The van der Waals surface area contributed by atoms with E-state index in [9.17, 15) is 4.79 Å². The minimum atomic E-state index is -0.133. The third-order valence-corrected chi connectivity index (χ3v) is 4.75. The van der Waals surface area contributed by atoms with Gasteiger partial charge in [-0.3, -0.25) is 4.79 Å². The first-order chi connectivity index (χ1) is 10.2. The van der Waals surface area contributed by atoms with Gasteiger partial charge in [-0.25, -0.2) is 4.98 Å². The first kappa shape index (κ1) is 14.6. The van der Waals surface area contributed by atoms with Gasteiger partial charge in [0.15, 0.2) is 5.82 Å². The van der Waals surface area contributed by atoms with Gasteiger partial charge in [-0.05, 0) is 37.8 Å². The number of carbonyl (C=O) groups is 1. The second-order valence-corrected chi connectivity index (χ2v) is 6.04. The first-order valence-corrected chi connectivity index (χ1v) is 8.17. The average Bonchev–Trinajstić information content (AvgIpc) is 3.00. The zero-order valence-corrected chi connectivity index (χ0v) is 13.3. The van der Waals surface area contributed by atoms with Crippen molar-refractivity contribution in [3.8, 4) is 0 Å². The van der Waals surface area contributed by atoms with Crippen molar-refractivity contribution in [1.29, 1.82) is 0 Å². The Morgan fingerprint density at radius 3 is 2.67 bits per heavy atom. The van der Waals surface area contributed by atoms with Gasteiger partial charge in [0.05, 0.1) is 6.20 Å². The number of likely N-dealkylation sites (N-methyl/N-ethyl adjacent to an activating group) is 1. The number of nitrogens with zero attached hydrogens (tertiary/aromatic N) is 4. The van der Waals surface area contributed by atoms with Gasteiger partial charge in [-0.1, -0.05) is 19.8 Å². The quantitative estimate of drug-likeness (QED) is 0.805. The zero-order valence-electron chi connectivity index (χ0n) is 12.5. The lowest BCUT2D eigenvalue weighted by Crippen LogP contribution is -2.56. The van der Waals surface area contributed by atoms with Crippen LogP contribution in [0.2, 0.25) is 5.28 Å². The molecule has 1 atom stereocenters. The lowest BCUT2D eigenvalue weighted by atomic mass is 10.0. The molecule has 0 unspecified atom stereocenters. The fourth-order valence-electron chi connectivity index (χ4n) is 3.60. The van der Waals surface area contributed by atoms with E-state index in [-0.39, 0.29) is 17.2 Å². The molecule has 114 valence electrons. The van der Waals surface area contributed by atoms with Crippen LogP contribution in [-0.2, 0) is 4.79 Å². The van der Waals surface area contributed by atoms with Crippen LogP contribution in [0.25, 0.3) is 0 Å². The van der Waals surface area contributed by atoms with Crippen LogP contribution < -0.4 is 9.80 Å². The van der Waals surface area contributed by atoms with Crippen molar-refractivity contribution in [2.24, 2.45) is 0 Å². The van der Waals surface area contributed by atoms with Gasteiger partial charge in [-0.15, -0.1) is 0 Å². The summed E-state index contributed by atoms with van der Waals surface area (Å²) in [4.78, 5) is 25.3. The monoisotopic (exact) mass is 308 g/mol. The molecule has 1 aromatic rings. The van der Waals surface area contributed by atoms with Crippen LogP contribution in [-0.4, -0.2) is 34.5 Å². The Morgan fingerprint density at radius 1 is 1.33 bits per heavy atom. The summed E-state index contributed by atoms with van der Waals surface area (Å²) in [5.41, 5.74) is 0.795. The average molecular weight is 309 g/mol. The normalized spacial score (nSPS) is 22.8. The van der Waals surface area contributed by atoms with E-state index in [1.54, 1.807) is 11.1 Å². The Bertz CT molecular complexity index is 544. The number of hydrogen-bond acceptors (Lipinski definition) is 4. The predicted molar refractivity (Wildman–Crippen MR) is 83.9 cm³/mol. The van der Waals surface area contributed by atoms with Crippen molar-refractivity contribution < 1.29 is 4.79 Å². The van der Waals surface area contributed by atoms with Crippen molar-refractivity contribution in [3.63, 3.8) is 0 Å². The number of amides is 1. The molecule has 0 radical (unpaired) electrons. The van der Waals surface area contributed by atoms with Crippen LogP contribution in [0.4, 0.5) is 11.5 Å². The topological polar surface area (TPSA) is 49.3 Å². The molecule has 1 aliphatic heterocycles. The fourth-order valence-corrected chi connectivity index (χ4v) is 3.73. The number of anilines is 2. The van der Waals surface area contributed by atoms with Gasteiger partial charge >= 0.3 is 0 Å². The maximum absolute atomic E-state index is 12.8. The number of halogens is 1. The van der Waals surface area contributed by atoms with E-state index in [0.29, 0.717) is 12.6 Å². The summed E-state index contributed by atoms with van der Waals surface area (Å²) in [6.07, 6.45) is 7.15. The molecule has 0 N–H and O–H groups in total.